The van der Waals surface area contributed by atoms with Crippen LogP contribution in [0.15, 0.2) is 36.5 Å². The van der Waals surface area contributed by atoms with E-state index in [1.165, 1.54) is 17.3 Å². The molecule has 0 saturated carbocycles. The van der Waals surface area contributed by atoms with Gasteiger partial charge in [0.2, 0.25) is 5.95 Å². The first kappa shape index (κ1) is 14.0. The van der Waals surface area contributed by atoms with E-state index in [1.54, 1.807) is 12.3 Å². The fourth-order valence-corrected chi connectivity index (χ4v) is 2.80. The van der Waals surface area contributed by atoms with Gasteiger partial charge >= 0.3 is 0 Å². The molecule has 1 aromatic carbocycles. The average Bonchev–Trinajstić information content (AvgIpc) is 2.49. The number of hydrogen-bond acceptors (Lipinski definition) is 3. The van der Waals surface area contributed by atoms with E-state index in [4.69, 9.17) is 4.74 Å². The summed E-state index contributed by atoms with van der Waals surface area (Å²) in [7, 11) is 0. The summed E-state index contributed by atoms with van der Waals surface area (Å²) in [5.41, 5.74) is 4.41. The van der Waals surface area contributed by atoms with Crippen molar-refractivity contribution in [3.63, 3.8) is 0 Å². The summed E-state index contributed by atoms with van der Waals surface area (Å²) in [6.45, 7) is 6.70. The smallest absolute Gasteiger partial charge is 0.212 e. The molecule has 0 aliphatic carbocycles. The zero-order chi connectivity index (χ0) is 14.8. The number of aryl methyl sites for hydroxylation is 1. The van der Waals surface area contributed by atoms with Crippen molar-refractivity contribution in [2.75, 3.05) is 24.7 Å². The minimum atomic E-state index is -0.449. The zero-order valence-electron chi connectivity index (χ0n) is 12.3. The summed E-state index contributed by atoms with van der Waals surface area (Å²) in [6, 6.07) is 9.93. The molecule has 21 heavy (non-hydrogen) atoms. The molecule has 4 heteroatoms. The van der Waals surface area contributed by atoms with Crippen molar-refractivity contribution in [3.05, 3.63) is 48.0 Å². The molecule has 1 aliphatic heterocycles. The van der Waals surface area contributed by atoms with Crippen LogP contribution in [-0.4, -0.2) is 30.8 Å². The van der Waals surface area contributed by atoms with Crippen LogP contribution < -0.4 is 4.90 Å². The van der Waals surface area contributed by atoms with E-state index in [9.17, 15) is 4.39 Å². The van der Waals surface area contributed by atoms with Crippen LogP contribution in [0.1, 0.15) is 12.5 Å². The Morgan fingerprint density at radius 3 is 2.81 bits per heavy atom. The van der Waals surface area contributed by atoms with Crippen LogP contribution in [0.5, 0.6) is 0 Å². The molecule has 110 valence electrons. The van der Waals surface area contributed by atoms with Crippen LogP contribution in [0.3, 0.4) is 0 Å². The third-order valence-electron chi connectivity index (χ3n) is 3.95. The Morgan fingerprint density at radius 1 is 1.29 bits per heavy atom. The Labute approximate surface area is 124 Å². The molecule has 1 aliphatic rings. The molecule has 2 aromatic rings. The summed E-state index contributed by atoms with van der Waals surface area (Å²) < 4.78 is 18.4. The summed E-state index contributed by atoms with van der Waals surface area (Å²) >= 11 is 0. The molecular formula is C17H19FN2O. The topological polar surface area (TPSA) is 25.4 Å². The van der Waals surface area contributed by atoms with Crippen molar-refractivity contribution in [1.82, 2.24) is 4.98 Å². The number of hydrogen-bond donors (Lipinski definition) is 0. The lowest BCUT2D eigenvalue weighted by Crippen LogP contribution is -2.43. The number of morpholine rings is 1. The molecule has 0 radical (unpaired) electrons. The number of benzene rings is 1. The second-order valence-electron chi connectivity index (χ2n) is 5.49. The number of nitrogens with zero attached hydrogens (tertiary/aromatic N) is 2. The molecule has 3 rings (SSSR count). The van der Waals surface area contributed by atoms with Gasteiger partial charge in [0.25, 0.3) is 0 Å². The highest BCUT2D eigenvalue weighted by Crippen LogP contribution is 2.28. The monoisotopic (exact) mass is 286 g/mol. The summed E-state index contributed by atoms with van der Waals surface area (Å²) in [5, 5.41) is 0. The maximum absolute atomic E-state index is 12.9. The van der Waals surface area contributed by atoms with Crippen LogP contribution in [0.25, 0.3) is 11.1 Å². The Kier molecular flexibility index (Phi) is 3.88. The lowest BCUT2D eigenvalue weighted by molar-refractivity contribution is 0.0989. The van der Waals surface area contributed by atoms with Gasteiger partial charge in [-0.1, -0.05) is 6.07 Å². The van der Waals surface area contributed by atoms with E-state index in [1.807, 2.05) is 0 Å². The average molecular weight is 286 g/mol. The van der Waals surface area contributed by atoms with Gasteiger partial charge in [-0.2, -0.15) is 4.39 Å². The van der Waals surface area contributed by atoms with Crippen LogP contribution in [0.4, 0.5) is 10.1 Å². The second-order valence-corrected chi connectivity index (χ2v) is 5.49. The van der Waals surface area contributed by atoms with E-state index in [2.05, 4.69) is 41.9 Å². The highest BCUT2D eigenvalue weighted by molar-refractivity contribution is 5.69. The summed E-state index contributed by atoms with van der Waals surface area (Å²) in [4.78, 5) is 6.09. The van der Waals surface area contributed by atoms with Crippen molar-refractivity contribution in [2.24, 2.45) is 0 Å². The lowest BCUT2D eigenvalue weighted by Gasteiger charge is -2.35. The molecule has 1 fully saturated rings. The molecule has 1 saturated heterocycles. The molecule has 0 spiro atoms. The van der Waals surface area contributed by atoms with Crippen LogP contribution in [-0.2, 0) is 4.74 Å². The fraction of sp³-hybridized carbons (Fsp3) is 0.353. The van der Waals surface area contributed by atoms with Crippen LogP contribution >= 0.6 is 0 Å². The van der Waals surface area contributed by atoms with Crippen molar-refractivity contribution in [2.45, 2.75) is 19.9 Å². The van der Waals surface area contributed by atoms with Crippen molar-refractivity contribution in [3.8, 4) is 11.1 Å². The molecule has 0 bridgehead atoms. The Bertz CT molecular complexity index is 627. The molecular weight excluding hydrogens is 267 g/mol. The maximum atomic E-state index is 12.9. The van der Waals surface area contributed by atoms with Gasteiger partial charge in [-0.05, 0) is 49.2 Å². The van der Waals surface area contributed by atoms with Crippen LogP contribution in [0.2, 0.25) is 0 Å². The number of halogens is 1. The van der Waals surface area contributed by atoms with Crippen molar-refractivity contribution < 1.29 is 9.13 Å². The van der Waals surface area contributed by atoms with E-state index in [0.29, 0.717) is 6.04 Å². The van der Waals surface area contributed by atoms with Gasteiger partial charge in [-0.25, -0.2) is 4.98 Å². The SMILES string of the molecule is Cc1cc(N2CCOC[C@H]2C)ccc1-c1ccc(F)nc1. The Hall–Kier alpha value is -1.94. The molecule has 0 N–H and O–H groups in total. The first-order chi connectivity index (χ1) is 10.1. The first-order valence-corrected chi connectivity index (χ1v) is 7.22. The quantitative estimate of drug-likeness (QED) is 0.791. The third-order valence-corrected chi connectivity index (χ3v) is 3.95. The number of ether oxygens (including phenoxy) is 1. The highest BCUT2D eigenvalue weighted by atomic mass is 19.1. The molecule has 2 heterocycles. The summed E-state index contributed by atoms with van der Waals surface area (Å²) in [6.07, 6.45) is 1.58. The number of rotatable bonds is 2. The molecule has 0 unspecified atom stereocenters. The van der Waals surface area contributed by atoms with Gasteiger partial charge in [0.1, 0.15) is 0 Å². The van der Waals surface area contributed by atoms with Gasteiger partial charge in [-0.3, -0.25) is 0 Å². The number of pyridine rings is 1. The fourth-order valence-electron chi connectivity index (χ4n) is 2.80. The largest absolute Gasteiger partial charge is 0.377 e. The maximum Gasteiger partial charge on any atom is 0.212 e. The van der Waals surface area contributed by atoms with Crippen molar-refractivity contribution in [1.29, 1.82) is 0 Å². The first-order valence-electron chi connectivity index (χ1n) is 7.22. The predicted octanol–water partition coefficient (Wildman–Crippen LogP) is 3.42. The third kappa shape index (κ3) is 2.90. The van der Waals surface area contributed by atoms with Crippen molar-refractivity contribution >= 4 is 5.69 Å². The second kappa shape index (κ2) is 5.82. The lowest BCUT2D eigenvalue weighted by atomic mass is 10.0. The van der Waals surface area contributed by atoms with E-state index in [0.717, 1.165) is 30.9 Å². The minimum Gasteiger partial charge on any atom is -0.377 e. The molecule has 0 amide bonds. The Morgan fingerprint density at radius 2 is 2.14 bits per heavy atom. The van der Waals surface area contributed by atoms with E-state index >= 15 is 0 Å². The van der Waals surface area contributed by atoms with Gasteiger partial charge < -0.3 is 9.64 Å². The standard InChI is InChI=1S/C17H19FN2O/c1-12-9-15(20-7-8-21-11-13(20)2)4-5-16(12)14-3-6-17(18)19-10-14/h3-6,9-10,13H,7-8,11H2,1-2H3/t13-/m1/s1. The molecule has 1 aromatic heterocycles. The normalized spacial score (nSPS) is 18.8. The predicted molar refractivity (Wildman–Crippen MR) is 82.0 cm³/mol. The van der Waals surface area contributed by atoms with Gasteiger partial charge in [0.15, 0.2) is 0 Å². The minimum absolute atomic E-state index is 0.386. The highest BCUT2D eigenvalue weighted by Gasteiger charge is 2.19. The molecule has 3 nitrogen and oxygen atoms in total. The van der Waals surface area contributed by atoms with Gasteiger partial charge in [0.05, 0.1) is 13.2 Å². The van der Waals surface area contributed by atoms with Gasteiger partial charge in [-0.15, -0.1) is 0 Å². The van der Waals surface area contributed by atoms with Gasteiger partial charge in [0, 0.05) is 30.0 Å². The Balaban J connectivity index is 1.90. The zero-order valence-corrected chi connectivity index (χ0v) is 12.3. The van der Waals surface area contributed by atoms with E-state index in [-0.39, 0.29) is 0 Å². The van der Waals surface area contributed by atoms with E-state index < -0.39 is 5.95 Å². The number of aromatic nitrogens is 1. The summed E-state index contributed by atoms with van der Waals surface area (Å²) in [5.74, 6) is -0.449. The number of anilines is 1. The molecule has 1 atom stereocenters. The van der Waals surface area contributed by atoms with Crippen LogP contribution in [0, 0.1) is 12.9 Å².